The Morgan fingerprint density at radius 2 is 2.18 bits per heavy atom. The maximum Gasteiger partial charge on any atom is 0.0950 e. The Bertz CT molecular complexity index is 516. The molecule has 1 heterocycles. The summed E-state index contributed by atoms with van der Waals surface area (Å²) in [7, 11) is 0. The monoisotopic (exact) mass is 228 g/mol. The molecular formula is C13H16N4. The van der Waals surface area contributed by atoms with Gasteiger partial charge in [0.1, 0.15) is 0 Å². The summed E-state index contributed by atoms with van der Waals surface area (Å²) in [4.78, 5) is 0. The first-order valence-electron chi connectivity index (χ1n) is 6.04. The predicted octanol–water partition coefficient (Wildman–Crippen LogP) is 1.78. The zero-order chi connectivity index (χ0) is 11.7. The number of nitrogens with zero attached hydrogens (tertiary/aromatic N) is 2. The van der Waals surface area contributed by atoms with Crippen LogP contribution in [0.3, 0.4) is 0 Å². The van der Waals surface area contributed by atoms with E-state index in [1.807, 2.05) is 18.2 Å². The number of aromatic nitrogens is 2. The first kappa shape index (κ1) is 10.5. The van der Waals surface area contributed by atoms with Crippen molar-refractivity contribution in [2.75, 3.05) is 11.9 Å². The van der Waals surface area contributed by atoms with Crippen molar-refractivity contribution in [1.82, 2.24) is 10.2 Å². The second-order valence-electron chi connectivity index (χ2n) is 4.66. The molecule has 0 radical (unpaired) electrons. The van der Waals surface area contributed by atoms with Crippen LogP contribution in [-0.4, -0.2) is 22.8 Å². The number of nitrogens with one attached hydrogen (secondary N) is 1. The van der Waals surface area contributed by atoms with Gasteiger partial charge in [-0.2, -0.15) is 10.2 Å². The summed E-state index contributed by atoms with van der Waals surface area (Å²) in [5.74, 6) is 0.712. The lowest BCUT2D eigenvalue weighted by Crippen LogP contribution is -2.31. The van der Waals surface area contributed by atoms with Gasteiger partial charge in [-0.3, -0.25) is 0 Å². The fraction of sp³-hybridized carbons (Fsp3) is 0.385. The van der Waals surface area contributed by atoms with Gasteiger partial charge in [0.05, 0.1) is 17.4 Å². The molecule has 2 aromatic rings. The van der Waals surface area contributed by atoms with Gasteiger partial charge in [0.15, 0.2) is 0 Å². The first-order chi connectivity index (χ1) is 8.34. The zero-order valence-corrected chi connectivity index (χ0v) is 9.63. The molecule has 1 fully saturated rings. The van der Waals surface area contributed by atoms with Crippen molar-refractivity contribution >= 4 is 16.6 Å². The minimum absolute atomic E-state index is 0.252. The molecule has 1 unspecified atom stereocenters. The van der Waals surface area contributed by atoms with E-state index in [-0.39, 0.29) is 6.04 Å². The smallest absolute Gasteiger partial charge is 0.0950 e. The molecule has 1 aromatic heterocycles. The van der Waals surface area contributed by atoms with Gasteiger partial charge in [0.25, 0.3) is 0 Å². The minimum Gasteiger partial charge on any atom is -0.382 e. The first-order valence-corrected chi connectivity index (χ1v) is 6.04. The third-order valence-electron chi connectivity index (χ3n) is 3.30. The molecule has 0 bridgehead atoms. The Labute approximate surface area is 100 Å². The summed E-state index contributed by atoms with van der Waals surface area (Å²) in [6.07, 6.45) is 4.32. The summed E-state index contributed by atoms with van der Waals surface area (Å²) in [6, 6.07) is 8.25. The average molecular weight is 228 g/mol. The third-order valence-corrected chi connectivity index (χ3v) is 3.30. The molecular weight excluding hydrogens is 212 g/mol. The van der Waals surface area contributed by atoms with Gasteiger partial charge in [0, 0.05) is 18.0 Å². The van der Waals surface area contributed by atoms with Crippen molar-refractivity contribution in [3.05, 3.63) is 30.5 Å². The molecule has 17 heavy (non-hydrogen) atoms. The fourth-order valence-corrected chi connectivity index (χ4v) is 2.07. The zero-order valence-electron chi connectivity index (χ0n) is 9.63. The van der Waals surface area contributed by atoms with Crippen LogP contribution in [0.4, 0.5) is 5.69 Å². The van der Waals surface area contributed by atoms with Crippen molar-refractivity contribution in [1.29, 1.82) is 0 Å². The van der Waals surface area contributed by atoms with E-state index >= 15 is 0 Å². The van der Waals surface area contributed by atoms with E-state index in [9.17, 15) is 0 Å². The van der Waals surface area contributed by atoms with Gasteiger partial charge < -0.3 is 11.1 Å². The van der Waals surface area contributed by atoms with Gasteiger partial charge in [-0.1, -0.05) is 18.2 Å². The highest BCUT2D eigenvalue weighted by atomic mass is 15.1. The van der Waals surface area contributed by atoms with Crippen molar-refractivity contribution in [3.8, 4) is 0 Å². The SMILES string of the molecule is NC(CNc1cnnc2ccccc12)C1CC1. The lowest BCUT2D eigenvalue weighted by atomic mass is 10.2. The Morgan fingerprint density at radius 1 is 1.35 bits per heavy atom. The summed E-state index contributed by atoms with van der Waals surface area (Å²) in [6.45, 7) is 0.806. The number of hydrogen-bond donors (Lipinski definition) is 2. The molecule has 1 aliphatic rings. The van der Waals surface area contributed by atoms with E-state index in [2.05, 4.69) is 21.6 Å². The van der Waals surface area contributed by atoms with Gasteiger partial charge >= 0.3 is 0 Å². The summed E-state index contributed by atoms with van der Waals surface area (Å²) >= 11 is 0. The molecule has 4 nitrogen and oxygen atoms in total. The van der Waals surface area contributed by atoms with Crippen LogP contribution in [0, 0.1) is 5.92 Å². The molecule has 0 spiro atoms. The summed E-state index contributed by atoms with van der Waals surface area (Å²) < 4.78 is 0. The van der Waals surface area contributed by atoms with Gasteiger partial charge in [-0.25, -0.2) is 0 Å². The van der Waals surface area contributed by atoms with Crippen LogP contribution in [0.15, 0.2) is 30.5 Å². The van der Waals surface area contributed by atoms with Crippen LogP contribution in [-0.2, 0) is 0 Å². The maximum absolute atomic E-state index is 6.07. The largest absolute Gasteiger partial charge is 0.382 e. The number of nitrogens with two attached hydrogens (primary N) is 1. The molecule has 3 rings (SSSR count). The van der Waals surface area contributed by atoms with E-state index in [1.165, 1.54) is 12.8 Å². The molecule has 1 atom stereocenters. The quantitative estimate of drug-likeness (QED) is 0.837. The lowest BCUT2D eigenvalue weighted by Gasteiger charge is -2.13. The second kappa shape index (κ2) is 4.30. The molecule has 1 aliphatic carbocycles. The lowest BCUT2D eigenvalue weighted by molar-refractivity contribution is 0.621. The Hall–Kier alpha value is -1.68. The standard InChI is InChI=1S/C13H16N4/c14-11(9-5-6-9)7-15-13-8-16-17-12-4-2-1-3-10(12)13/h1-4,8-9,11H,5-7,14H2,(H,15,17). The number of rotatable bonds is 4. The number of fused-ring (bicyclic) bond motifs is 1. The third kappa shape index (κ3) is 2.22. The van der Waals surface area contributed by atoms with E-state index in [0.29, 0.717) is 5.92 Å². The second-order valence-corrected chi connectivity index (χ2v) is 4.66. The van der Waals surface area contributed by atoms with Crippen LogP contribution >= 0.6 is 0 Å². The molecule has 3 N–H and O–H groups in total. The van der Waals surface area contributed by atoms with Crippen LogP contribution in [0.5, 0.6) is 0 Å². The average Bonchev–Trinajstić information content (AvgIpc) is 3.20. The number of hydrogen-bond acceptors (Lipinski definition) is 4. The number of anilines is 1. The molecule has 1 aromatic carbocycles. The van der Waals surface area contributed by atoms with Crippen molar-refractivity contribution < 1.29 is 0 Å². The predicted molar refractivity (Wildman–Crippen MR) is 68.7 cm³/mol. The molecule has 88 valence electrons. The minimum atomic E-state index is 0.252. The maximum atomic E-state index is 6.07. The molecule has 0 saturated heterocycles. The van der Waals surface area contributed by atoms with E-state index in [1.54, 1.807) is 6.20 Å². The van der Waals surface area contributed by atoms with Crippen molar-refractivity contribution in [2.24, 2.45) is 11.7 Å². The Balaban J connectivity index is 1.79. The van der Waals surface area contributed by atoms with Gasteiger partial charge in [-0.15, -0.1) is 0 Å². The van der Waals surface area contributed by atoms with E-state index in [4.69, 9.17) is 5.73 Å². The highest BCUT2D eigenvalue weighted by molar-refractivity contribution is 5.90. The van der Waals surface area contributed by atoms with Crippen LogP contribution in [0.2, 0.25) is 0 Å². The fourth-order valence-electron chi connectivity index (χ4n) is 2.07. The molecule has 1 saturated carbocycles. The highest BCUT2D eigenvalue weighted by Gasteiger charge is 2.28. The number of benzene rings is 1. The van der Waals surface area contributed by atoms with E-state index in [0.717, 1.165) is 23.1 Å². The van der Waals surface area contributed by atoms with Crippen LogP contribution in [0.25, 0.3) is 10.9 Å². The van der Waals surface area contributed by atoms with Crippen molar-refractivity contribution in [3.63, 3.8) is 0 Å². The summed E-state index contributed by atoms with van der Waals surface area (Å²) in [5, 5.41) is 12.6. The van der Waals surface area contributed by atoms with Crippen molar-refractivity contribution in [2.45, 2.75) is 18.9 Å². The van der Waals surface area contributed by atoms with Crippen LogP contribution < -0.4 is 11.1 Å². The van der Waals surface area contributed by atoms with Gasteiger partial charge in [0.2, 0.25) is 0 Å². The molecule has 4 heteroatoms. The topological polar surface area (TPSA) is 63.8 Å². The Kier molecular flexibility index (Phi) is 2.65. The molecule has 0 amide bonds. The van der Waals surface area contributed by atoms with Crippen LogP contribution in [0.1, 0.15) is 12.8 Å². The van der Waals surface area contributed by atoms with Gasteiger partial charge in [-0.05, 0) is 24.8 Å². The normalized spacial score (nSPS) is 17.0. The summed E-state index contributed by atoms with van der Waals surface area (Å²) in [5.41, 5.74) is 8.01. The molecule has 0 aliphatic heterocycles. The Morgan fingerprint density at radius 3 is 3.00 bits per heavy atom. The highest BCUT2D eigenvalue weighted by Crippen LogP contribution is 2.31. The van der Waals surface area contributed by atoms with E-state index < -0.39 is 0 Å².